The normalized spacial score (nSPS) is 27.3. The van der Waals surface area contributed by atoms with E-state index in [2.05, 4.69) is 48.3 Å². The summed E-state index contributed by atoms with van der Waals surface area (Å²) in [5.74, 6) is 0.767. The van der Waals surface area contributed by atoms with Gasteiger partial charge in [-0.15, -0.1) is 0 Å². The van der Waals surface area contributed by atoms with Crippen LogP contribution in [0, 0.1) is 0 Å². The molecule has 1 atom stereocenters. The van der Waals surface area contributed by atoms with Crippen LogP contribution in [0.3, 0.4) is 0 Å². The molecule has 1 N–H and O–H groups in total. The van der Waals surface area contributed by atoms with Crippen molar-refractivity contribution >= 4 is 0 Å². The number of nitrogens with one attached hydrogen (secondary N) is 1. The molecule has 1 aromatic rings. The van der Waals surface area contributed by atoms with E-state index in [0.717, 1.165) is 19.0 Å². The highest BCUT2D eigenvalue weighted by Crippen LogP contribution is 2.36. The number of nitrogens with zero attached hydrogens (tertiary/aromatic N) is 1. The third-order valence-corrected chi connectivity index (χ3v) is 4.37. The summed E-state index contributed by atoms with van der Waals surface area (Å²) in [6, 6.07) is 8.91. The van der Waals surface area contributed by atoms with Gasteiger partial charge in [-0.05, 0) is 31.4 Å². The van der Waals surface area contributed by atoms with E-state index in [1.807, 2.05) is 0 Å². The zero-order valence-electron chi connectivity index (χ0n) is 10.9. The first-order valence-electron chi connectivity index (χ1n) is 6.70. The second-order valence-corrected chi connectivity index (χ2v) is 6.04. The first-order valence-corrected chi connectivity index (χ1v) is 6.70. The lowest BCUT2D eigenvalue weighted by Crippen LogP contribution is -2.59. The van der Waals surface area contributed by atoms with Crippen LogP contribution in [0.2, 0.25) is 0 Å². The van der Waals surface area contributed by atoms with E-state index in [0.29, 0.717) is 5.54 Å². The average Bonchev–Trinajstić information content (AvgIpc) is 2.27. The Hall–Kier alpha value is -0.860. The Morgan fingerprint density at radius 3 is 2.94 bits per heavy atom. The molecule has 2 heteroatoms. The number of hydrogen-bond acceptors (Lipinski definition) is 2. The van der Waals surface area contributed by atoms with Crippen molar-refractivity contribution in [2.75, 3.05) is 26.2 Å². The molecule has 1 aliphatic carbocycles. The maximum Gasteiger partial charge on any atom is 0.0278 e. The molecule has 1 unspecified atom stereocenters. The molecule has 3 rings (SSSR count). The van der Waals surface area contributed by atoms with Gasteiger partial charge >= 0.3 is 0 Å². The standard InChI is InChI=1S/C15H22N2/c1-15(2)11-16-7-8-17(15)10-13-9-12-5-3-4-6-14(12)13/h3-6,13,16H,7-11H2,1-2H3. The summed E-state index contributed by atoms with van der Waals surface area (Å²) in [5, 5.41) is 3.49. The van der Waals surface area contributed by atoms with Gasteiger partial charge in [0.05, 0.1) is 0 Å². The molecule has 1 fully saturated rings. The van der Waals surface area contributed by atoms with Crippen molar-refractivity contribution in [2.24, 2.45) is 0 Å². The van der Waals surface area contributed by atoms with E-state index in [1.165, 1.54) is 19.5 Å². The molecule has 1 aliphatic heterocycles. The zero-order valence-corrected chi connectivity index (χ0v) is 10.9. The number of fused-ring (bicyclic) bond motifs is 1. The van der Waals surface area contributed by atoms with Gasteiger partial charge in [0.2, 0.25) is 0 Å². The number of piperazine rings is 1. The molecule has 17 heavy (non-hydrogen) atoms. The Balaban J connectivity index is 1.69. The van der Waals surface area contributed by atoms with Gasteiger partial charge in [-0.25, -0.2) is 0 Å². The molecule has 2 aliphatic rings. The lowest BCUT2D eigenvalue weighted by atomic mass is 9.76. The maximum atomic E-state index is 3.49. The van der Waals surface area contributed by atoms with Crippen molar-refractivity contribution in [3.63, 3.8) is 0 Å². The van der Waals surface area contributed by atoms with Crippen LogP contribution in [-0.2, 0) is 6.42 Å². The molecule has 92 valence electrons. The number of rotatable bonds is 2. The molecule has 2 nitrogen and oxygen atoms in total. The van der Waals surface area contributed by atoms with Crippen LogP contribution in [-0.4, -0.2) is 36.6 Å². The molecule has 1 saturated heterocycles. The lowest BCUT2D eigenvalue weighted by Gasteiger charge is -2.46. The minimum Gasteiger partial charge on any atom is -0.314 e. The van der Waals surface area contributed by atoms with Gasteiger partial charge < -0.3 is 5.32 Å². The van der Waals surface area contributed by atoms with Crippen LogP contribution in [0.1, 0.15) is 30.9 Å². The summed E-state index contributed by atoms with van der Waals surface area (Å²) >= 11 is 0. The number of hydrogen-bond donors (Lipinski definition) is 1. The fourth-order valence-electron chi connectivity index (χ4n) is 3.15. The Kier molecular flexibility index (Phi) is 2.72. The van der Waals surface area contributed by atoms with E-state index >= 15 is 0 Å². The minimum absolute atomic E-state index is 0.308. The fourth-order valence-corrected chi connectivity index (χ4v) is 3.15. The molecular formula is C15H22N2. The van der Waals surface area contributed by atoms with Gasteiger partial charge in [0.1, 0.15) is 0 Å². The largest absolute Gasteiger partial charge is 0.314 e. The zero-order chi connectivity index (χ0) is 11.9. The van der Waals surface area contributed by atoms with Crippen LogP contribution in [0.4, 0.5) is 0 Å². The van der Waals surface area contributed by atoms with Crippen LogP contribution in [0.25, 0.3) is 0 Å². The van der Waals surface area contributed by atoms with Gasteiger partial charge in [-0.2, -0.15) is 0 Å². The quantitative estimate of drug-likeness (QED) is 0.836. The Labute approximate surface area is 104 Å². The molecule has 0 spiro atoms. The van der Waals surface area contributed by atoms with Crippen molar-refractivity contribution in [3.05, 3.63) is 35.4 Å². The molecular weight excluding hydrogens is 208 g/mol. The minimum atomic E-state index is 0.308. The van der Waals surface area contributed by atoms with Crippen LogP contribution < -0.4 is 5.32 Å². The monoisotopic (exact) mass is 230 g/mol. The predicted octanol–water partition coefficient (Wildman–Crippen LogP) is 2.01. The van der Waals surface area contributed by atoms with Crippen molar-refractivity contribution in [2.45, 2.75) is 31.7 Å². The highest BCUT2D eigenvalue weighted by atomic mass is 15.2. The van der Waals surface area contributed by atoms with Gasteiger partial charge in [-0.1, -0.05) is 24.3 Å². The van der Waals surface area contributed by atoms with Crippen molar-refractivity contribution in [1.82, 2.24) is 10.2 Å². The third kappa shape index (κ3) is 2.00. The average molecular weight is 230 g/mol. The Morgan fingerprint density at radius 2 is 2.18 bits per heavy atom. The highest BCUT2D eigenvalue weighted by Gasteiger charge is 2.34. The summed E-state index contributed by atoms with van der Waals surface area (Å²) in [5.41, 5.74) is 3.45. The second kappa shape index (κ2) is 4.11. The van der Waals surface area contributed by atoms with E-state index in [1.54, 1.807) is 11.1 Å². The second-order valence-electron chi connectivity index (χ2n) is 6.04. The van der Waals surface area contributed by atoms with Crippen LogP contribution in [0.5, 0.6) is 0 Å². The summed E-state index contributed by atoms with van der Waals surface area (Å²) in [7, 11) is 0. The summed E-state index contributed by atoms with van der Waals surface area (Å²) in [4.78, 5) is 2.66. The van der Waals surface area contributed by atoms with E-state index in [9.17, 15) is 0 Å². The Morgan fingerprint density at radius 1 is 1.35 bits per heavy atom. The molecule has 0 amide bonds. The SMILES string of the molecule is CC1(C)CNCCN1CC1Cc2ccccc21. The molecule has 0 aromatic heterocycles. The van der Waals surface area contributed by atoms with Crippen molar-refractivity contribution < 1.29 is 0 Å². The molecule has 1 aromatic carbocycles. The molecule has 0 bridgehead atoms. The maximum absolute atomic E-state index is 3.49. The van der Waals surface area contributed by atoms with E-state index < -0.39 is 0 Å². The summed E-state index contributed by atoms with van der Waals surface area (Å²) in [6.45, 7) is 9.37. The smallest absolute Gasteiger partial charge is 0.0278 e. The lowest BCUT2D eigenvalue weighted by molar-refractivity contribution is 0.0806. The van der Waals surface area contributed by atoms with Gasteiger partial charge in [0.25, 0.3) is 0 Å². The first-order chi connectivity index (χ1) is 8.17. The molecule has 1 heterocycles. The van der Waals surface area contributed by atoms with Gasteiger partial charge in [0, 0.05) is 37.6 Å². The van der Waals surface area contributed by atoms with E-state index in [-0.39, 0.29) is 0 Å². The Bertz CT molecular complexity index is 411. The highest BCUT2D eigenvalue weighted by molar-refractivity contribution is 5.40. The fraction of sp³-hybridized carbons (Fsp3) is 0.600. The van der Waals surface area contributed by atoms with Gasteiger partial charge in [-0.3, -0.25) is 4.90 Å². The van der Waals surface area contributed by atoms with Crippen LogP contribution >= 0.6 is 0 Å². The molecule has 0 saturated carbocycles. The molecule has 0 radical (unpaired) electrons. The summed E-state index contributed by atoms with van der Waals surface area (Å²) in [6.07, 6.45) is 1.27. The van der Waals surface area contributed by atoms with Crippen molar-refractivity contribution in [1.29, 1.82) is 0 Å². The van der Waals surface area contributed by atoms with Crippen LogP contribution in [0.15, 0.2) is 24.3 Å². The van der Waals surface area contributed by atoms with E-state index in [4.69, 9.17) is 0 Å². The topological polar surface area (TPSA) is 15.3 Å². The first kappa shape index (κ1) is 11.2. The third-order valence-electron chi connectivity index (χ3n) is 4.37. The predicted molar refractivity (Wildman–Crippen MR) is 71.4 cm³/mol. The van der Waals surface area contributed by atoms with Gasteiger partial charge in [0.15, 0.2) is 0 Å². The van der Waals surface area contributed by atoms with Crippen molar-refractivity contribution in [3.8, 4) is 0 Å². The number of benzene rings is 1. The summed E-state index contributed by atoms with van der Waals surface area (Å²) < 4.78 is 0.